The summed E-state index contributed by atoms with van der Waals surface area (Å²) in [5.41, 5.74) is 5.01. The Morgan fingerprint density at radius 3 is 2.94 bits per heavy atom. The molecule has 1 rings (SSSR count). The van der Waals surface area contributed by atoms with Gasteiger partial charge in [0.15, 0.2) is 0 Å². The van der Waals surface area contributed by atoms with E-state index >= 15 is 0 Å². The molecule has 0 aromatic rings. The van der Waals surface area contributed by atoms with Gasteiger partial charge in [-0.05, 0) is 24.7 Å². The van der Waals surface area contributed by atoms with E-state index in [0.717, 1.165) is 19.3 Å². The van der Waals surface area contributed by atoms with Crippen molar-refractivity contribution in [2.45, 2.75) is 24.6 Å². The molecule has 2 amide bonds. The summed E-state index contributed by atoms with van der Waals surface area (Å²) in [6.07, 6.45) is 5.42. The second-order valence-corrected chi connectivity index (χ2v) is 4.94. The van der Waals surface area contributed by atoms with Gasteiger partial charge in [-0.15, -0.1) is 11.8 Å². The van der Waals surface area contributed by atoms with E-state index in [1.54, 1.807) is 10.3 Å². The first kappa shape index (κ1) is 14.6. The maximum Gasteiger partial charge on any atom is 0.410 e. The predicted molar refractivity (Wildman–Crippen MR) is 71.8 cm³/mol. The number of primary amides is 1. The monoisotopic (exact) mass is 270 g/mol. The summed E-state index contributed by atoms with van der Waals surface area (Å²) in [5.74, 6) is -0.487. The average Bonchev–Trinajstić information content (AvgIpc) is 2.36. The highest BCUT2D eigenvalue weighted by Crippen LogP contribution is 2.27. The third-order valence-corrected chi connectivity index (χ3v) is 3.57. The van der Waals surface area contributed by atoms with Crippen LogP contribution in [-0.2, 0) is 9.53 Å². The smallest absolute Gasteiger partial charge is 0.410 e. The predicted octanol–water partition coefficient (Wildman–Crippen LogP) is 1.85. The average molecular weight is 270 g/mol. The van der Waals surface area contributed by atoms with Gasteiger partial charge in [-0.2, -0.15) is 0 Å². The number of hydrogen-bond donors (Lipinski definition) is 1. The Kier molecular flexibility index (Phi) is 6.35. The zero-order chi connectivity index (χ0) is 13.4. The number of nitrogens with zero attached hydrogens (tertiary/aromatic N) is 1. The van der Waals surface area contributed by atoms with Gasteiger partial charge in [-0.1, -0.05) is 12.7 Å². The Hall–Kier alpha value is -1.43. The molecular formula is C12H18N2O3S. The van der Waals surface area contributed by atoms with E-state index in [4.69, 9.17) is 10.5 Å². The highest BCUT2D eigenvalue weighted by Gasteiger charge is 2.27. The molecule has 0 spiro atoms. The van der Waals surface area contributed by atoms with Crippen molar-refractivity contribution in [3.63, 3.8) is 0 Å². The number of carbonyl (C=O) groups excluding carboxylic acids is 2. The minimum absolute atomic E-state index is 0.00617. The van der Waals surface area contributed by atoms with Gasteiger partial charge in [0, 0.05) is 12.6 Å². The minimum Gasteiger partial charge on any atom is -0.445 e. The van der Waals surface area contributed by atoms with Gasteiger partial charge >= 0.3 is 6.09 Å². The maximum absolute atomic E-state index is 11.8. The first-order valence-corrected chi connectivity index (χ1v) is 6.75. The van der Waals surface area contributed by atoms with Crippen molar-refractivity contribution < 1.29 is 14.3 Å². The van der Waals surface area contributed by atoms with Gasteiger partial charge in [0.2, 0.25) is 5.91 Å². The zero-order valence-corrected chi connectivity index (χ0v) is 11.0. The van der Waals surface area contributed by atoms with Crippen molar-refractivity contribution in [3.8, 4) is 0 Å². The van der Waals surface area contributed by atoms with E-state index < -0.39 is 5.91 Å². The topological polar surface area (TPSA) is 72.6 Å². The van der Waals surface area contributed by atoms with Crippen LogP contribution < -0.4 is 5.73 Å². The number of amides is 2. The molecule has 5 nitrogen and oxygen atoms in total. The number of carbonyl (C=O) groups is 2. The molecule has 0 aliphatic carbocycles. The molecule has 6 heteroatoms. The largest absolute Gasteiger partial charge is 0.445 e. The van der Waals surface area contributed by atoms with Crippen LogP contribution in [0.5, 0.6) is 0 Å². The zero-order valence-electron chi connectivity index (χ0n) is 10.2. The Bertz CT molecular complexity index is 344. The van der Waals surface area contributed by atoms with Gasteiger partial charge in [0.25, 0.3) is 0 Å². The molecule has 1 heterocycles. The summed E-state index contributed by atoms with van der Waals surface area (Å²) in [5, 5.41) is 1.64. The van der Waals surface area contributed by atoms with E-state index in [-0.39, 0.29) is 18.1 Å². The van der Waals surface area contributed by atoms with Gasteiger partial charge in [-0.3, -0.25) is 9.69 Å². The van der Waals surface area contributed by atoms with Crippen molar-refractivity contribution >= 4 is 23.8 Å². The summed E-state index contributed by atoms with van der Waals surface area (Å²) in [4.78, 5) is 24.1. The molecule has 1 fully saturated rings. The van der Waals surface area contributed by atoms with Crippen LogP contribution in [0.25, 0.3) is 0 Å². The fourth-order valence-corrected chi connectivity index (χ4v) is 2.70. The Labute approximate surface area is 111 Å². The first-order valence-electron chi connectivity index (χ1n) is 5.81. The van der Waals surface area contributed by atoms with Crippen LogP contribution >= 0.6 is 11.8 Å². The number of ether oxygens (including phenoxy) is 1. The van der Waals surface area contributed by atoms with Crippen molar-refractivity contribution in [1.29, 1.82) is 0 Å². The maximum atomic E-state index is 11.8. The number of likely N-dealkylation sites (tertiary alicyclic amines) is 1. The second-order valence-electron chi connectivity index (χ2n) is 3.85. The molecule has 1 aliphatic heterocycles. The first-order chi connectivity index (χ1) is 8.65. The van der Waals surface area contributed by atoms with Gasteiger partial charge in [0.05, 0.1) is 5.37 Å². The van der Waals surface area contributed by atoms with E-state index in [2.05, 4.69) is 6.58 Å². The number of nitrogens with two attached hydrogens (primary N) is 1. The van der Waals surface area contributed by atoms with Crippen molar-refractivity contribution in [1.82, 2.24) is 4.90 Å². The molecule has 0 aromatic carbocycles. The van der Waals surface area contributed by atoms with E-state index in [0.29, 0.717) is 6.54 Å². The number of hydrogen-bond acceptors (Lipinski definition) is 4. The summed E-state index contributed by atoms with van der Waals surface area (Å²) >= 11 is 1.41. The van der Waals surface area contributed by atoms with Gasteiger partial charge in [-0.25, -0.2) is 4.79 Å². The van der Waals surface area contributed by atoms with Gasteiger partial charge < -0.3 is 10.5 Å². The molecule has 0 saturated carbocycles. The molecule has 0 aromatic heterocycles. The van der Waals surface area contributed by atoms with E-state index in [1.807, 2.05) is 0 Å². The van der Waals surface area contributed by atoms with Crippen LogP contribution in [0.2, 0.25) is 0 Å². The van der Waals surface area contributed by atoms with Crippen LogP contribution in [0.4, 0.5) is 4.79 Å². The summed E-state index contributed by atoms with van der Waals surface area (Å²) < 4.78 is 5.03. The molecule has 0 unspecified atom stereocenters. The number of thioether (sulfide) groups is 1. The van der Waals surface area contributed by atoms with E-state index in [9.17, 15) is 9.59 Å². The third kappa shape index (κ3) is 4.83. The highest BCUT2D eigenvalue weighted by molar-refractivity contribution is 8.02. The fourth-order valence-electron chi connectivity index (χ4n) is 1.66. The van der Waals surface area contributed by atoms with Gasteiger partial charge in [0.1, 0.15) is 6.61 Å². The molecule has 2 N–H and O–H groups in total. The number of rotatable bonds is 5. The normalized spacial score (nSPS) is 19.8. The lowest BCUT2D eigenvalue weighted by Crippen LogP contribution is -2.42. The highest BCUT2D eigenvalue weighted by atomic mass is 32.2. The van der Waals surface area contributed by atoms with Crippen LogP contribution in [0.3, 0.4) is 0 Å². The number of piperidine rings is 1. The quantitative estimate of drug-likeness (QED) is 0.611. The van der Waals surface area contributed by atoms with E-state index in [1.165, 1.54) is 23.9 Å². The molecule has 1 atom stereocenters. The Balaban J connectivity index is 2.53. The third-order valence-electron chi connectivity index (χ3n) is 2.47. The molecular weight excluding hydrogens is 252 g/mol. The fraction of sp³-hybridized carbons (Fsp3) is 0.500. The Morgan fingerprint density at radius 1 is 1.50 bits per heavy atom. The second kappa shape index (κ2) is 7.81. The lowest BCUT2D eigenvalue weighted by atomic mass is 10.1. The minimum atomic E-state index is -0.487. The SMILES string of the molecule is C=CCOC(=O)N1CCCC[C@H]1SC=CC(N)=O. The lowest BCUT2D eigenvalue weighted by Gasteiger charge is -2.33. The van der Waals surface area contributed by atoms with Crippen LogP contribution in [-0.4, -0.2) is 35.4 Å². The van der Waals surface area contributed by atoms with Crippen LogP contribution in [0.15, 0.2) is 24.1 Å². The summed E-state index contributed by atoms with van der Waals surface area (Å²) in [7, 11) is 0. The van der Waals surface area contributed by atoms with Crippen LogP contribution in [0, 0.1) is 0 Å². The van der Waals surface area contributed by atoms with Crippen molar-refractivity contribution in [2.75, 3.05) is 13.2 Å². The van der Waals surface area contributed by atoms with Crippen molar-refractivity contribution in [2.24, 2.45) is 5.73 Å². The molecule has 18 heavy (non-hydrogen) atoms. The molecule has 1 saturated heterocycles. The molecule has 0 bridgehead atoms. The van der Waals surface area contributed by atoms with Crippen molar-refractivity contribution in [3.05, 3.63) is 24.1 Å². The Morgan fingerprint density at radius 2 is 2.28 bits per heavy atom. The standard InChI is InChI=1S/C12H18N2O3S/c1-2-8-17-12(16)14-7-4-3-5-11(14)18-9-6-10(13)15/h2,6,9,11H,1,3-5,7-8H2,(H2,13,15)/t11-/m1/s1. The summed E-state index contributed by atoms with van der Waals surface area (Å²) in [6, 6.07) is 0. The molecule has 0 radical (unpaired) electrons. The lowest BCUT2D eigenvalue weighted by molar-refractivity contribution is -0.113. The molecule has 100 valence electrons. The molecule has 1 aliphatic rings. The summed E-state index contributed by atoms with van der Waals surface area (Å²) in [6.45, 7) is 4.39. The van der Waals surface area contributed by atoms with Crippen LogP contribution in [0.1, 0.15) is 19.3 Å².